The zero-order valence-electron chi connectivity index (χ0n) is 12.1. The lowest BCUT2D eigenvalue weighted by Gasteiger charge is -2.12. The van der Waals surface area contributed by atoms with Gasteiger partial charge in [0.25, 0.3) is 0 Å². The molecule has 0 saturated carbocycles. The molecular weight excluding hydrogens is 281 g/mol. The standard InChI is InChI=1S/C14H17F3N4/c1-9(2)7-21-8-10(3)19-13(21)20-11-4-5-12(18-6-11)14(15,16)17/h4-6,8-9H,7H2,1-3H3,(H,19,20). The molecule has 0 fully saturated rings. The van der Waals surface area contributed by atoms with Crippen molar-refractivity contribution in [2.45, 2.75) is 33.5 Å². The summed E-state index contributed by atoms with van der Waals surface area (Å²) in [5.74, 6) is 1.03. The number of imidazole rings is 1. The summed E-state index contributed by atoms with van der Waals surface area (Å²) in [5.41, 5.74) is 0.409. The molecule has 0 amide bonds. The second-order valence-electron chi connectivity index (χ2n) is 5.31. The van der Waals surface area contributed by atoms with Gasteiger partial charge in [0.2, 0.25) is 5.95 Å². The van der Waals surface area contributed by atoms with E-state index in [1.54, 1.807) is 0 Å². The summed E-state index contributed by atoms with van der Waals surface area (Å²) in [6, 6.07) is 2.30. The zero-order valence-corrected chi connectivity index (χ0v) is 12.1. The highest BCUT2D eigenvalue weighted by atomic mass is 19.4. The first-order valence-corrected chi connectivity index (χ1v) is 6.59. The van der Waals surface area contributed by atoms with Gasteiger partial charge in [-0.2, -0.15) is 13.2 Å². The zero-order chi connectivity index (χ0) is 15.6. The monoisotopic (exact) mass is 298 g/mol. The van der Waals surface area contributed by atoms with Crippen LogP contribution in [0.3, 0.4) is 0 Å². The number of hydrogen-bond acceptors (Lipinski definition) is 3. The molecule has 2 rings (SSSR count). The minimum atomic E-state index is -4.43. The van der Waals surface area contributed by atoms with Crippen molar-refractivity contribution in [3.8, 4) is 0 Å². The van der Waals surface area contributed by atoms with E-state index in [0.29, 0.717) is 17.6 Å². The van der Waals surface area contributed by atoms with E-state index in [4.69, 9.17) is 0 Å². The molecule has 114 valence electrons. The number of nitrogens with one attached hydrogen (secondary N) is 1. The Labute approximate surface area is 121 Å². The van der Waals surface area contributed by atoms with Crippen molar-refractivity contribution >= 4 is 11.6 Å². The molecular formula is C14H17F3N4. The Morgan fingerprint density at radius 1 is 1.29 bits per heavy atom. The van der Waals surface area contributed by atoms with Gasteiger partial charge in [-0.3, -0.25) is 0 Å². The Balaban J connectivity index is 2.18. The van der Waals surface area contributed by atoms with E-state index in [1.165, 1.54) is 6.07 Å². The topological polar surface area (TPSA) is 42.7 Å². The van der Waals surface area contributed by atoms with Crippen LogP contribution in [0.5, 0.6) is 0 Å². The molecule has 1 N–H and O–H groups in total. The van der Waals surface area contributed by atoms with Crippen molar-refractivity contribution in [1.82, 2.24) is 14.5 Å². The highest BCUT2D eigenvalue weighted by Gasteiger charge is 2.32. The minimum absolute atomic E-state index is 0.435. The third-order valence-corrected chi connectivity index (χ3v) is 2.77. The predicted octanol–water partition coefficient (Wildman–Crippen LogP) is 4.00. The van der Waals surface area contributed by atoms with E-state index >= 15 is 0 Å². The minimum Gasteiger partial charge on any atom is -0.324 e. The van der Waals surface area contributed by atoms with Crippen molar-refractivity contribution in [3.05, 3.63) is 35.9 Å². The smallest absolute Gasteiger partial charge is 0.324 e. The first-order valence-electron chi connectivity index (χ1n) is 6.59. The summed E-state index contributed by atoms with van der Waals surface area (Å²) in [6.07, 6.45) is -1.36. The van der Waals surface area contributed by atoms with Gasteiger partial charge in [-0.1, -0.05) is 13.8 Å². The van der Waals surface area contributed by atoms with Crippen molar-refractivity contribution in [2.75, 3.05) is 5.32 Å². The lowest BCUT2D eigenvalue weighted by Crippen LogP contribution is -2.09. The Hall–Kier alpha value is -2.05. The molecule has 2 aromatic heterocycles. The van der Waals surface area contributed by atoms with Gasteiger partial charge < -0.3 is 9.88 Å². The van der Waals surface area contributed by atoms with Crippen LogP contribution in [0.2, 0.25) is 0 Å². The van der Waals surface area contributed by atoms with E-state index in [0.717, 1.165) is 24.5 Å². The fourth-order valence-corrected chi connectivity index (χ4v) is 1.94. The fraction of sp³-hybridized carbons (Fsp3) is 0.429. The number of alkyl halides is 3. The fourth-order valence-electron chi connectivity index (χ4n) is 1.94. The van der Waals surface area contributed by atoms with Gasteiger partial charge in [0.1, 0.15) is 5.69 Å². The lowest BCUT2D eigenvalue weighted by atomic mass is 10.2. The highest BCUT2D eigenvalue weighted by molar-refractivity contribution is 5.52. The molecule has 4 nitrogen and oxygen atoms in total. The van der Waals surface area contributed by atoms with Gasteiger partial charge in [-0.25, -0.2) is 9.97 Å². The van der Waals surface area contributed by atoms with Crippen molar-refractivity contribution in [1.29, 1.82) is 0 Å². The largest absolute Gasteiger partial charge is 0.433 e. The second kappa shape index (κ2) is 5.75. The summed E-state index contributed by atoms with van der Waals surface area (Å²) < 4.78 is 39.3. The maximum atomic E-state index is 12.5. The molecule has 0 atom stereocenters. The van der Waals surface area contributed by atoms with Crippen LogP contribution in [0, 0.1) is 12.8 Å². The molecule has 0 aromatic carbocycles. The molecule has 0 aliphatic heterocycles. The second-order valence-corrected chi connectivity index (χ2v) is 5.31. The van der Waals surface area contributed by atoms with E-state index < -0.39 is 11.9 Å². The number of pyridine rings is 1. The predicted molar refractivity (Wildman–Crippen MR) is 74.3 cm³/mol. The Morgan fingerprint density at radius 3 is 2.52 bits per heavy atom. The normalized spacial score (nSPS) is 12.0. The van der Waals surface area contributed by atoms with Gasteiger partial charge in [0.15, 0.2) is 0 Å². The van der Waals surface area contributed by atoms with Crippen LogP contribution in [0.4, 0.5) is 24.8 Å². The molecule has 0 spiro atoms. The molecule has 0 bridgehead atoms. The van der Waals surface area contributed by atoms with Crippen LogP contribution in [0.15, 0.2) is 24.5 Å². The first kappa shape index (κ1) is 15.3. The molecule has 0 unspecified atom stereocenters. The Kier molecular flexibility index (Phi) is 4.20. The van der Waals surface area contributed by atoms with Gasteiger partial charge >= 0.3 is 6.18 Å². The molecule has 0 radical (unpaired) electrons. The Morgan fingerprint density at radius 2 is 2.00 bits per heavy atom. The maximum Gasteiger partial charge on any atom is 0.433 e. The number of nitrogens with zero attached hydrogens (tertiary/aromatic N) is 3. The summed E-state index contributed by atoms with van der Waals surface area (Å²) in [5, 5.41) is 3.00. The summed E-state index contributed by atoms with van der Waals surface area (Å²) >= 11 is 0. The van der Waals surface area contributed by atoms with E-state index in [2.05, 4.69) is 29.1 Å². The number of halogens is 3. The summed E-state index contributed by atoms with van der Waals surface area (Å²) in [6.45, 7) is 6.81. The van der Waals surface area contributed by atoms with Gasteiger partial charge in [0.05, 0.1) is 17.6 Å². The van der Waals surface area contributed by atoms with Crippen molar-refractivity contribution in [2.24, 2.45) is 5.92 Å². The molecule has 21 heavy (non-hydrogen) atoms. The van der Waals surface area contributed by atoms with Crippen LogP contribution in [0.1, 0.15) is 25.2 Å². The number of rotatable bonds is 4. The van der Waals surface area contributed by atoms with Crippen molar-refractivity contribution < 1.29 is 13.2 Å². The lowest BCUT2D eigenvalue weighted by molar-refractivity contribution is -0.141. The number of aromatic nitrogens is 3. The third kappa shape index (κ3) is 3.96. The van der Waals surface area contributed by atoms with Crippen LogP contribution in [-0.2, 0) is 12.7 Å². The first-order chi connectivity index (χ1) is 9.75. The van der Waals surface area contributed by atoms with Gasteiger partial charge in [-0.05, 0) is 25.0 Å². The third-order valence-electron chi connectivity index (χ3n) is 2.77. The number of anilines is 2. The summed E-state index contributed by atoms with van der Waals surface area (Å²) in [7, 11) is 0. The SMILES string of the molecule is Cc1cn(CC(C)C)c(Nc2ccc(C(F)(F)F)nc2)n1. The van der Waals surface area contributed by atoms with Crippen LogP contribution >= 0.6 is 0 Å². The average molecular weight is 298 g/mol. The van der Waals surface area contributed by atoms with Crippen molar-refractivity contribution in [3.63, 3.8) is 0 Å². The van der Waals surface area contributed by atoms with E-state index in [-0.39, 0.29) is 0 Å². The number of hydrogen-bond donors (Lipinski definition) is 1. The molecule has 2 aromatic rings. The molecule has 2 heterocycles. The van der Waals surface area contributed by atoms with Gasteiger partial charge in [0, 0.05) is 12.7 Å². The molecule has 0 saturated heterocycles. The Bertz CT molecular complexity index is 600. The van der Waals surface area contributed by atoms with E-state index in [9.17, 15) is 13.2 Å². The van der Waals surface area contributed by atoms with Gasteiger partial charge in [-0.15, -0.1) is 0 Å². The molecule has 7 heteroatoms. The maximum absolute atomic E-state index is 12.5. The van der Waals surface area contributed by atoms with E-state index in [1.807, 2.05) is 17.7 Å². The van der Waals surface area contributed by atoms with Crippen LogP contribution in [0.25, 0.3) is 0 Å². The number of aryl methyl sites for hydroxylation is 1. The van der Waals surface area contributed by atoms with Crippen LogP contribution in [-0.4, -0.2) is 14.5 Å². The quantitative estimate of drug-likeness (QED) is 0.927. The highest BCUT2D eigenvalue weighted by Crippen LogP contribution is 2.28. The molecule has 0 aliphatic rings. The summed E-state index contributed by atoms with van der Waals surface area (Å²) in [4.78, 5) is 7.75. The molecule has 0 aliphatic carbocycles. The van der Waals surface area contributed by atoms with Crippen LogP contribution < -0.4 is 5.32 Å². The average Bonchev–Trinajstić information content (AvgIpc) is 2.68.